The number of aliphatic hydroxyl groups excluding tert-OH is 1. The van der Waals surface area contributed by atoms with Crippen LogP contribution < -0.4 is 5.32 Å². The fourth-order valence-corrected chi connectivity index (χ4v) is 3.11. The van der Waals surface area contributed by atoms with E-state index in [0.29, 0.717) is 6.54 Å². The summed E-state index contributed by atoms with van der Waals surface area (Å²) in [5, 5.41) is 16.6. The van der Waals surface area contributed by atoms with Gasteiger partial charge in [0.05, 0.1) is 12.1 Å². The van der Waals surface area contributed by atoms with Crippen LogP contribution >= 0.6 is 27.3 Å². The van der Waals surface area contributed by atoms with Gasteiger partial charge in [0, 0.05) is 22.6 Å². The lowest BCUT2D eigenvalue weighted by Crippen LogP contribution is -2.26. The molecular formula is C14H17BrN2OS. The fraction of sp³-hybridized carbons (Fsp3) is 0.357. The number of aliphatic hydroxyl groups is 1. The molecule has 0 bridgehead atoms. The molecule has 0 fully saturated rings. The van der Waals surface area contributed by atoms with Crippen LogP contribution in [0.4, 0.5) is 0 Å². The zero-order valence-corrected chi connectivity index (χ0v) is 13.1. The molecule has 2 aromatic rings. The molecule has 0 saturated carbocycles. The second-order valence-electron chi connectivity index (χ2n) is 4.31. The number of hydrogen-bond donors (Lipinski definition) is 2. The van der Waals surface area contributed by atoms with E-state index in [1.54, 1.807) is 11.3 Å². The van der Waals surface area contributed by atoms with Crippen molar-refractivity contribution in [1.29, 1.82) is 0 Å². The Morgan fingerprint density at radius 1 is 1.47 bits per heavy atom. The van der Waals surface area contributed by atoms with Gasteiger partial charge in [-0.2, -0.15) is 0 Å². The molecule has 0 saturated heterocycles. The van der Waals surface area contributed by atoms with Crippen LogP contribution in [-0.4, -0.2) is 16.6 Å². The van der Waals surface area contributed by atoms with Crippen molar-refractivity contribution in [2.24, 2.45) is 0 Å². The SMILES string of the molecule is CCC(NCC(O)c1cccc(Br)c1)c1nccs1. The van der Waals surface area contributed by atoms with Crippen LogP contribution in [0.2, 0.25) is 0 Å². The average Bonchev–Trinajstić information content (AvgIpc) is 2.93. The van der Waals surface area contributed by atoms with Crippen LogP contribution in [0.5, 0.6) is 0 Å². The van der Waals surface area contributed by atoms with E-state index >= 15 is 0 Å². The van der Waals surface area contributed by atoms with Crippen molar-refractivity contribution >= 4 is 27.3 Å². The summed E-state index contributed by atoms with van der Waals surface area (Å²) >= 11 is 5.06. The molecule has 0 aliphatic rings. The summed E-state index contributed by atoms with van der Waals surface area (Å²) in [7, 11) is 0. The summed E-state index contributed by atoms with van der Waals surface area (Å²) in [6, 6.07) is 7.97. The Bertz CT molecular complexity index is 504. The molecule has 1 aromatic carbocycles. The Kier molecular flexibility index (Phi) is 5.51. The topological polar surface area (TPSA) is 45.1 Å². The largest absolute Gasteiger partial charge is 0.387 e. The van der Waals surface area contributed by atoms with Gasteiger partial charge in [-0.3, -0.25) is 0 Å². The molecule has 0 radical (unpaired) electrons. The summed E-state index contributed by atoms with van der Waals surface area (Å²) in [5.41, 5.74) is 0.913. The minimum Gasteiger partial charge on any atom is -0.387 e. The summed E-state index contributed by atoms with van der Waals surface area (Å²) in [5.74, 6) is 0. The van der Waals surface area contributed by atoms with Gasteiger partial charge in [-0.15, -0.1) is 11.3 Å². The van der Waals surface area contributed by atoms with Gasteiger partial charge < -0.3 is 10.4 Å². The lowest BCUT2D eigenvalue weighted by Gasteiger charge is -2.18. The summed E-state index contributed by atoms with van der Waals surface area (Å²) in [6.07, 6.45) is 2.26. The number of halogens is 1. The van der Waals surface area contributed by atoms with Gasteiger partial charge in [0.25, 0.3) is 0 Å². The van der Waals surface area contributed by atoms with Crippen LogP contribution in [0.3, 0.4) is 0 Å². The van der Waals surface area contributed by atoms with Gasteiger partial charge in [-0.25, -0.2) is 4.98 Å². The molecule has 5 heteroatoms. The van der Waals surface area contributed by atoms with Gasteiger partial charge in [0.1, 0.15) is 5.01 Å². The van der Waals surface area contributed by atoms with Gasteiger partial charge >= 0.3 is 0 Å². The average molecular weight is 341 g/mol. The first-order valence-corrected chi connectivity index (χ1v) is 7.94. The monoisotopic (exact) mass is 340 g/mol. The third kappa shape index (κ3) is 4.11. The minimum atomic E-state index is -0.508. The molecule has 3 nitrogen and oxygen atoms in total. The van der Waals surface area contributed by atoms with Crippen molar-refractivity contribution in [2.45, 2.75) is 25.5 Å². The van der Waals surface area contributed by atoms with Crippen molar-refractivity contribution in [3.63, 3.8) is 0 Å². The second-order valence-corrected chi connectivity index (χ2v) is 6.15. The molecular weight excluding hydrogens is 324 g/mol. The number of rotatable bonds is 6. The Hall–Kier alpha value is -0.750. The van der Waals surface area contributed by atoms with Gasteiger partial charge in [-0.1, -0.05) is 35.0 Å². The summed E-state index contributed by atoms with van der Waals surface area (Å²) in [6.45, 7) is 2.64. The van der Waals surface area contributed by atoms with E-state index in [2.05, 4.69) is 33.2 Å². The normalized spacial score (nSPS) is 14.3. The zero-order valence-electron chi connectivity index (χ0n) is 10.7. The standard InChI is InChI=1S/C14H17BrN2OS/c1-2-12(14-16-6-7-19-14)17-9-13(18)10-4-3-5-11(15)8-10/h3-8,12-13,17-18H,2,9H2,1H3. The van der Waals surface area contributed by atoms with Gasteiger partial charge in [-0.05, 0) is 24.1 Å². The first-order chi connectivity index (χ1) is 9.20. The van der Waals surface area contributed by atoms with Crippen molar-refractivity contribution < 1.29 is 5.11 Å². The molecule has 0 aliphatic carbocycles. The Morgan fingerprint density at radius 2 is 2.32 bits per heavy atom. The quantitative estimate of drug-likeness (QED) is 0.843. The first-order valence-electron chi connectivity index (χ1n) is 6.27. The van der Waals surface area contributed by atoms with Crippen molar-refractivity contribution in [1.82, 2.24) is 10.3 Å². The molecule has 1 aromatic heterocycles. The predicted octanol–water partition coefficient (Wildman–Crippen LogP) is 3.68. The highest BCUT2D eigenvalue weighted by atomic mass is 79.9. The van der Waals surface area contributed by atoms with Crippen LogP contribution in [0.25, 0.3) is 0 Å². The number of nitrogens with one attached hydrogen (secondary N) is 1. The number of hydrogen-bond acceptors (Lipinski definition) is 4. The Labute approximate surface area is 125 Å². The molecule has 0 spiro atoms. The van der Waals surface area contributed by atoms with E-state index in [1.807, 2.05) is 35.8 Å². The van der Waals surface area contributed by atoms with Crippen LogP contribution in [-0.2, 0) is 0 Å². The molecule has 0 amide bonds. The zero-order chi connectivity index (χ0) is 13.7. The first kappa shape index (κ1) is 14.7. The van der Waals surface area contributed by atoms with Crippen molar-refractivity contribution in [3.8, 4) is 0 Å². The third-order valence-corrected chi connectivity index (χ3v) is 4.33. The van der Waals surface area contributed by atoms with Crippen LogP contribution in [0.15, 0.2) is 40.3 Å². The van der Waals surface area contributed by atoms with E-state index < -0.39 is 6.10 Å². The maximum Gasteiger partial charge on any atom is 0.109 e. The molecule has 2 unspecified atom stereocenters. The summed E-state index contributed by atoms with van der Waals surface area (Å²) in [4.78, 5) is 4.32. The molecule has 102 valence electrons. The second kappa shape index (κ2) is 7.14. The highest BCUT2D eigenvalue weighted by molar-refractivity contribution is 9.10. The lowest BCUT2D eigenvalue weighted by molar-refractivity contribution is 0.169. The van der Waals surface area contributed by atoms with Crippen LogP contribution in [0, 0.1) is 0 Å². The maximum atomic E-state index is 10.2. The number of benzene rings is 1. The van der Waals surface area contributed by atoms with Crippen LogP contribution in [0.1, 0.15) is 36.1 Å². The molecule has 19 heavy (non-hydrogen) atoms. The predicted molar refractivity (Wildman–Crippen MR) is 82.3 cm³/mol. The molecule has 1 heterocycles. The highest BCUT2D eigenvalue weighted by Crippen LogP contribution is 2.21. The van der Waals surface area contributed by atoms with Gasteiger partial charge in [0.2, 0.25) is 0 Å². The van der Waals surface area contributed by atoms with Gasteiger partial charge in [0.15, 0.2) is 0 Å². The molecule has 2 rings (SSSR count). The maximum absolute atomic E-state index is 10.2. The van der Waals surface area contributed by atoms with E-state index in [-0.39, 0.29) is 6.04 Å². The third-order valence-electron chi connectivity index (χ3n) is 2.95. The van der Waals surface area contributed by atoms with Crippen molar-refractivity contribution in [2.75, 3.05) is 6.54 Å². The van der Waals surface area contributed by atoms with E-state index in [9.17, 15) is 5.11 Å². The molecule has 0 aliphatic heterocycles. The lowest BCUT2D eigenvalue weighted by atomic mass is 10.1. The smallest absolute Gasteiger partial charge is 0.109 e. The van der Waals surface area contributed by atoms with E-state index in [4.69, 9.17) is 0 Å². The fourth-order valence-electron chi connectivity index (χ4n) is 1.90. The number of nitrogens with zero attached hydrogens (tertiary/aromatic N) is 1. The number of aromatic nitrogens is 1. The molecule has 2 atom stereocenters. The van der Waals surface area contributed by atoms with E-state index in [0.717, 1.165) is 21.5 Å². The minimum absolute atomic E-state index is 0.210. The molecule has 2 N–H and O–H groups in total. The Balaban J connectivity index is 1.94. The Morgan fingerprint density at radius 3 is 2.95 bits per heavy atom. The number of thiazole rings is 1. The summed E-state index contributed by atoms with van der Waals surface area (Å²) < 4.78 is 0.982. The van der Waals surface area contributed by atoms with Crippen molar-refractivity contribution in [3.05, 3.63) is 50.9 Å². The van der Waals surface area contributed by atoms with E-state index in [1.165, 1.54) is 0 Å². The highest BCUT2D eigenvalue weighted by Gasteiger charge is 2.14.